The third-order valence-electron chi connectivity index (χ3n) is 3.34. The summed E-state index contributed by atoms with van der Waals surface area (Å²) in [6.07, 6.45) is -0.107. The Labute approximate surface area is 128 Å². The van der Waals surface area contributed by atoms with Crippen LogP contribution in [0.3, 0.4) is 0 Å². The van der Waals surface area contributed by atoms with E-state index >= 15 is 0 Å². The zero-order valence-corrected chi connectivity index (χ0v) is 12.2. The number of aliphatic carboxylic acids is 1. The minimum Gasteiger partial charge on any atom is -0.481 e. The van der Waals surface area contributed by atoms with Crippen LogP contribution in [0.5, 0.6) is 0 Å². The lowest BCUT2D eigenvalue weighted by atomic mass is 10.1. The monoisotopic (exact) mass is 302 g/mol. The van der Waals surface area contributed by atoms with Crippen molar-refractivity contribution in [2.24, 2.45) is 5.73 Å². The smallest absolute Gasteiger partial charge is 0.303 e. The van der Waals surface area contributed by atoms with Crippen molar-refractivity contribution >= 4 is 28.3 Å². The quantitative estimate of drug-likeness (QED) is 0.795. The molecule has 1 unspecified atom stereocenters. The van der Waals surface area contributed by atoms with Crippen LogP contribution in [-0.2, 0) is 14.4 Å². The lowest BCUT2D eigenvalue weighted by Gasteiger charge is -2.23. The number of carbonyl (C=O) groups excluding carboxylic acids is 1. The Kier molecular flexibility index (Phi) is 5.08. The molecule has 2 rings (SSSR count). The zero-order chi connectivity index (χ0) is 16.1. The molecule has 0 bridgehead atoms. The van der Waals surface area contributed by atoms with Gasteiger partial charge in [-0.3, -0.25) is 14.4 Å². The molecule has 116 valence electrons. The van der Waals surface area contributed by atoms with Gasteiger partial charge in [0.2, 0.25) is 0 Å². The first-order valence-corrected chi connectivity index (χ1v) is 6.87. The standard InChI is InChI=1S/C16H18N2O4/c1-22-18(16(21)14(17)8-9-15(19)20)13-7-6-11-4-2-3-5-12(11)10-13/h2-7,10,14H,8-9,17H2,1H3,(H,19,20). The van der Waals surface area contributed by atoms with E-state index in [2.05, 4.69) is 0 Å². The number of amides is 1. The summed E-state index contributed by atoms with van der Waals surface area (Å²) < 4.78 is 0. The second-order valence-corrected chi connectivity index (χ2v) is 4.89. The average molecular weight is 302 g/mol. The highest BCUT2D eigenvalue weighted by Gasteiger charge is 2.23. The van der Waals surface area contributed by atoms with Gasteiger partial charge < -0.3 is 10.8 Å². The van der Waals surface area contributed by atoms with Crippen LogP contribution >= 0.6 is 0 Å². The SMILES string of the molecule is CON(C(=O)C(N)CCC(=O)O)c1ccc2ccccc2c1. The van der Waals surface area contributed by atoms with E-state index in [4.69, 9.17) is 15.7 Å². The highest BCUT2D eigenvalue weighted by molar-refractivity contribution is 5.97. The van der Waals surface area contributed by atoms with Gasteiger partial charge in [-0.15, -0.1) is 0 Å². The molecule has 1 atom stereocenters. The average Bonchev–Trinajstić information content (AvgIpc) is 2.53. The molecule has 0 aliphatic heterocycles. The molecule has 2 aromatic rings. The predicted molar refractivity (Wildman–Crippen MR) is 83.3 cm³/mol. The van der Waals surface area contributed by atoms with Crippen LogP contribution < -0.4 is 10.8 Å². The molecular formula is C16H18N2O4. The number of benzene rings is 2. The lowest BCUT2D eigenvalue weighted by molar-refractivity contribution is -0.137. The number of fused-ring (bicyclic) bond motifs is 1. The second kappa shape index (κ2) is 7.02. The Morgan fingerprint density at radius 3 is 2.55 bits per heavy atom. The van der Waals surface area contributed by atoms with Crippen molar-refractivity contribution in [1.29, 1.82) is 0 Å². The number of carbonyl (C=O) groups is 2. The van der Waals surface area contributed by atoms with Crippen LogP contribution in [-0.4, -0.2) is 30.1 Å². The van der Waals surface area contributed by atoms with Gasteiger partial charge in [0.1, 0.15) is 0 Å². The molecule has 0 saturated heterocycles. The molecule has 0 fully saturated rings. The minimum atomic E-state index is -0.988. The summed E-state index contributed by atoms with van der Waals surface area (Å²) in [7, 11) is 1.37. The maximum Gasteiger partial charge on any atom is 0.303 e. The molecule has 1 amide bonds. The number of rotatable bonds is 6. The number of nitrogens with zero attached hydrogens (tertiary/aromatic N) is 1. The zero-order valence-electron chi connectivity index (χ0n) is 12.2. The van der Waals surface area contributed by atoms with Gasteiger partial charge in [0.05, 0.1) is 18.8 Å². The van der Waals surface area contributed by atoms with E-state index < -0.39 is 17.9 Å². The van der Waals surface area contributed by atoms with Crippen LogP contribution in [0.25, 0.3) is 10.8 Å². The third kappa shape index (κ3) is 3.60. The van der Waals surface area contributed by atoms with E-state index in [0.717, 1.165) is 15.8 Å². The first-order valence-electron chi connectivity index (χ1n) is 6.87. The third-order valence-corrected chi connectivity index (χ3v) is 3.34. The van der Waals surface area contributed by atoms with Crippen molar-refractivity contribution in [3.8, 4) is 0 Å². The van der Waals surface area contributed by atoms with Crippen molar-refractivity contribution in [3.63, 3.8) is 0 Å². The normalized spacial score (nSPS) is 12.1. The Bertz CT molecular complexity index is 687. The van der Waals surface area contributed by atoms with Gasteiger partial charge in [-0.25, -0.2) is 0 Å². The van der Waals surface area contributed by atoms with Crippen LogP contribution in [0.1, 0.15) is 12.8 Å². The van der Waals surface area contributed by atoms with E-state index in [1.165, 1.54) is 7.11 Å². The summed E-state index contributed by atoms with van der Waals surface area (Å²) in [5.41, 5.74) is 6.31. The van der Waals surface area contributed by atoms with Gasteiger partial charge >= 0.3 is 5.97 Å². The minimum absolute atomic E-state index is 0.0572. The summed E-state index contributed by atoms with van der Waals surface area (Å²) in [5.74, 6) is -1.46. The van der Waals surface area contributed by atoms with Crippen LogP contribution in [0.15, 0.2) is 42.5 Å². The van der Waals surface area contributed by atoms with Crippen molar-refractivity contribution in [2.75, 3.05) is 12.2 Å². The topological polar surface area (TPSA) is 92.9 Å². The molecule has 0 radical (unpaired) electrons. The maximum absolute atomic E-state index is 12.3. The van der Waals surface area contributed by atoms with Crippen molar-refractivity contribution < 1.29 is 19.5 Å². The van der Waals surface area contributed by atoms with Gasteiger partial charge in [0, 0.05) is 6.42 Å². The highest BCUT2D eigenvalue weighted by Crippen LogP contribution is 2.23. The van der Waals surface area contributed by atoms with Crippen LogP contribution in [0.2, 0.25) is 0 Å². The van der Waals surface area contributed by atoms with Gasteiger partial charge in [0.25, 0.3) is 5.91 Å². The lowest BCUT2D eigenvalue weighted by Crippen LogP contribution is -2.43. The first kappa shape index (κ1) is 15.9. The Morgan fingerprint density at radius 1 is 1.23 bits per heavy atom. The fraction of sp³-hybridized carbons (Fsp3) is 0.250. The summed E-state index contributed by atoms with van der Waals surface area (Å²) in [6.45, 7) is 0. The highest BCUT2D eigenvalue weighted by atomic mass is 16.7. The van der Waals surface area contributed by atoms with E-state index in [1.807, 2.05) is 36.4 Å². The molecule has 0 aliphatic rings. The second-order valence-electron chi connectivity index (χ2n) is 4.89. The number of hydroxylamine groups is 1. The van der Waals surface area contributed by atoms with Crippen LogP contribution in [0, 0.1) is 0 Å². The molecule has 2 aromatic carbocycles. The Hall–Kier alpha value is -2.44. The molecular weight excluding hydrogens is 284 g/mol. The molecule has 0 aromatic heterocycles. The largest absolute Gasteiger partial charge is 0.481 e. The van der Waals surface area contributed by atoms with Gasteiger partial charge in [-0.2, -0.15) is 5.06 Å². The van der Waals surface area contributed by atoms with Crippen LogP contribution in [0.4, 0.5) is 5.69 Å². The first-order chi connectivity index (χ1) is 10.5. The van der Waals surface area contributed by atoms with Crippen molar-refractivity contribution in [3.05, 3.63) is 42.5 Å². The Balaban J connectivity index is 2.21. The fourth-order valence-corrected chi connectivity index (χ4v) is 2.18. The molecule has 6 heteroatoms. The predicted octanol–water partition coefficient (Wildman–Crippen LogP) is 1.93. The molecule has 0 aliphatic carbocycles. The van der Waals surface area contributed by atoms with E-state index in [0.29, 0.717) is 5.69 Å². The van der Waals surface area contributed by atoms with Gasteiger partial charge in [-0.1, -0.05) is 30.3 Å². The van der Waals surface area contributed by atoms with Gasteiger partial charge in [-0.05, 0) is 29.3 Å². The van der Waals surface area contributed by atoms with Crippen molar-refractivity contribution in [1.82, 2.24) is 0 Å². The Morgan fingerprint density at radius 2 is 1.91 bits per heavy atom. The summed E-state index contributed by atoms with van der Waals surface area (Å²) in [5, 5.41) is 11.8. The molecule has 3 N–H and O–H groups in total. The molecule has 6 nitrogen and oxygen atoms in total. The molecule has 0 heterocycles. The number of hydrogen-bond acceptors (Lipinski definition) is 4. The number of hydrogen-bond donors (Lipinski definition) is 2. The number of nitrogens with two attached hydrogens (primary N) is 1. The van der Waals surface area contributed by atoms with E-state index in [9.17, 15) is 9.59 Å². The van der Waals surface area contributed by atoms with E-state index in [-0.39, 0.29) is 12.8 Å². The van der Waals surface area contributed by atoms with Gasteiger partial charge in [0.15, 0.2) is 0 Å². The summed E-state index contributed by atoms with van der Waals surface area (Å²) >= 11 is 0. The molecule has 22 heavy (non-hydrogen) atoms. The maximum atomic E-state index is 12.3. The number of anilines is 1. The number of carboxylic acid groups (broad SMARTS) is 1. The summed E-state index contributed by atoms with van der Waals surface area (Å²) in [4.78, 5) is 28.0. The van der Waals surface area contributed by atoms with E-state index in [1.54, 1.807) is 6.07 Å². The van der Waals surface area contributed by atoms with Crippen molar-refractivity contribution in [2.45, 2.75) is 18.9 Å². The molecule has 0 saturated carbocycles. The summed E-state index contributed by atoms with van der Waals surface area (Å²) in [6, 6.07) is 12.3. The number of carboxylic acids is 1. The fourth-order valence-electron chi connectivity index (χ4n) is 2.18. The molecule has 0 spiro atoms.